The molecule has 0 aliphatic carbocycles. The van der Waals surface area contributed by atoms with Crippen molar-refractivity contribution in [2.75, 3.05) is 13.2 Å². The van der Waals surface area contributed by atoms with E-state index in [2.05, 4.69) is 10.1 Å². The summed E-state index contributed by atoms with van der Waals surface area (Å²) in [5.41, 5.74) is -0.731. The minimum atomic E-state index is -1.76. The van der Waals surface area contributed by atoms with Gasteiger partial charge in [0, 0.05) is 0 Å². The van der Waals surface area contributed by atoms with Crippen molar-refractivity contribution in [3.8, 4) is 0 Å². The maximum atomic E-state index is 11.5. The van der Waals surface area contributed by atoms with Crippen molar-refractivity contribution in [2.45, 2.75) is 36.2 Å². The summed E-state index contributed by atoms with van der Waals surface area (Å²) in [5.74, 6) is -0.931. The van der Waals surface area contributed by atoms with Crippen LogP contribution < -0.4 is 5.32 Å². The standard InChI is InChI=1S/C10H16Cl3NO5/c1-9(2,3)19-8(17)14-6(4-15)7(16)18-5-10(11,12)13/h6,15H,4-5H2,1-3H3,(H,14,17)/t6-/m0/s1. The lowest BCUT2D eigenvalue weighted by Gasteiger charge is -2.22. The summed E-state index contributed by atoms with van der Waals surface area (Å²) in [7, 11) is 0. The van der Waals surface area contributed by atoms with Crippen molar-refractivity contribution in [1.82, 2.24) is 5.32 Å². The molecule has 112 valence electrons. The van der Waals surface area contributed by atoms with Gasteiger partial charge in [0.05, 0.1) is 6.61 Å². The summed E-state index contributed by atoms with van der Waals surface area (Å²) in [6, 6.07) is -1.29. The van der Waals surface area contributed by atoms with Crippen LogP contribution in [0.2, 0.25) is 0 Å². The molecule has 0 bridgehead atoms. The van der Waals surface area contributed by atoms with Crippen LogP contribution >= 0.6 is 34.8 Å². The van der Waals surface area contributed by atoms with Crippen molar-refractivity contribution < 1.29 is 24.2 Å². The third-order valence-corrected chi connectivity index (χ3v) is 1.86. The normalized spacial score (nSPS) is 13.6. The third-order valence-electron chi connectivity index (χ3n) is 1.54. The van der Waals surface area contributed by atoms with Gasteiger partial charge in [0.2, 0.25) is 3.79 Å². The summed E-state index contributed by atoms with van der Waals surface area (Å²) in [4.78, 5) is 22.9. The van der Waals surface area contributed by atoms with E-state index < -0.39 is 40.7 Å². The molecule has 2 N–H and O–H groups in total. The number of halogens is 3. The van der Waals surface area contributed by atoms with Crippen LogP contribution in [-0.4, -0.2) is 45.8 Å². The van der Waals surface area contributed by atoms with Gasteiger partial charge in [-0.1, -0.05) is 34.8 Å². The average molecular weight is 337 g/mol. The zero-order valence-electron chi connectivity index (χ0n) is 10.7. The highest BCUT2D eigenvalue weighted by atomic mass is 35.6. The first-order valence-corrected chi connectivity index (χ1v) is 6.42. The number of carbonyl (C=O) groups excluding carboxylic acids is 2. The smallest absolute Gasteiger partial charge is 0.408 e. The zero-order valence-corrected chi connectivity index (χ0v) is 13.0. The van der Waals surface area contributed by atoms with Crippen LogP contribution in [0, 0.1) is 0 Å². The minimum Gasteiger partial charge on any atom is -0.460 e. The van der Waals surface area contributed by atoms with Gasteiger partial charge < -0.3 is 19.9 Å². The highest BCUT2D eigenvalue weighted by Gasteiger charge is 2.28. The highest BCUT2D eigenvalue weighted by molar-refractivity contribution is 6.67. The molecule has 0 heterocycles. The molecule has 0 fully saturated rings. The first-order chi connectivity index (χ1) is 8.44. The second kappa shape index (κ2) is 7.38. The van der Waals surface area contributed by atoms with Crippen molar-refractivity contribution in [1.29, 1.82) is 0 Å². The van der Waals surface area contributed by atoms with Crippen LogP contribution in [0.25, 0.3) is 0 Å². The Labute approximate surface area is 126 Å². The molecular formula is C10H16Cl3NO5. The van der Waals surface area contributed by atoms with Gasteiger partial charge in [-0.2, -0.15) is 0 Å². The molecular weight excluding hydrogens is 320 g/mol. The monoisotopic (exact) mass is 335 g/mol. The Morgan fingerprint density at radius 2 is 1.79 bits per heavy atom. The topological polar surface area (TPSA) is 84.9 Å². The average Bonchev–Trinajstić information content (AvgIpc) is 2.18. The molecule has 6 nitrogen and oxygen atoms in total. The quantitative estimate of drug-likeness (QED) is 0.604. The molecule has 0 aromatic heterocycles. The van der Waals surface area contributed by atoms with Crippen LogP contribution in [0.4, 0.5) is 4.79 Å². The van der Waals surface area contributed by atoms with Crippen LogP contribution in [-0.2, 0) is 14.3 Å². The summed E-state index contributed by atoms with van der Waals surface area (Å²) < 4.78 is 7.78. The van der Waals surface area contributed by atoms with Gasteiger partial charge in [-0.3, -0.25) is 0 Å². The number of rotatable bonds is 4. The van der Waals surface area contributed by atoms with E-state index in [0.29, 0.717) is 0 Å². The first kappa shape index (κ1) is 18.6. The van der Waals surface area contributed by atoms with Crippen molar-refractivity contribution >= 4 is 46.9 Å². The Hall–Kier alpha value is -0.430. The number of nitrogens with one attached hydrogen (secondary N) is 1. The summed E-state index contributed by atoms with van der Waals surface area (Å²) in [6.07, 6.45) is -0.864. The van der Waals surface area contributed by atoms with E-state index in [1.54, 1.807) is 20.8 Å². The van der Waals surface area contributed by atoms with E-state index in [1.165, 1.54) is 0 Å². The maximum absolute atomic E-state index is 11.5. The van der Waals surface area contributed by atoms with Crippen LogP contribution in [0.1, 0.15) is 20.8 Å². The van der Waals surface area contributed by atoms with Gasteiger partial charge in [-0.15, -0.1) is 0 Å². The highest BCUT2D eigenvalue weighted by Crippen LogP contribution is 2.26. The minimum absolute atomic E-state index is 0.497. The molecule has 1 atom stereocenters. The number of carbonyl (C=O) groups is 2. The first-order valence-electron chi connectivity index (χ1n) is 5.28. The largest absolute Gasteiger partial charge is 0.460 e. The number of hydrogen-bond donors (Lipinski definition) is 2. The maximum Gasteiger partial charge on any atom is 0.408 e. The SMILES string of the molecule is CC(C)(C)OC(=O)N[C@@H](CO)C(=O)OCC(Cl)(Cl)Cl. The molecule has 0 radical (unpaired) electrons. The Morgan fingerprint density at radius 1 is 1.26 bits per heavy atom. The van der Waals surface area contributed by atoms with E-state index in [-0.39, 0.29) is 0 Å². The molecule has 1 amide bonds. The van der Waals surface area contributed by atoms with Gasteiger partial charge in [-0.25, -0.2) is 9.59 Å². The van der Waals surface area contributed by atoms with Crippen molar-refractivity contribution in [3.05, 3.63) is 0 Å². The molecule has 19 heavy (non-hydrogen) atoms. The Bertz CT molecular complexity index is 324. The fourth-order valence-corrected chi connectivity index (χ4v) is 1.05. The summed E-state index contributed by atoms with van der Waals surface area (Å²) >= 11 is 16.2. The van der Waals surface area contributed by atoms with Crippen LogP contribution in [0.5, 0.6) is 0 Å². The Balaban J connectivity index is 4.34. The number of aliphatic hydroxyl groups excluding tert-OH is 1. The van der Waals surface area contributed by atoms with Gasteiger partial charge in [0.15, 0.2) is 6.04 Å². The number of alkyl halides is 3. The number of ether oxygens (including phenoxy) is 2. The lowest BCUT2D eigenvalue weighted by Crippen LogP contribution is -2.46. The predicted octanol–water partition coefficient (Wildman–Crippen LogP) is 1.79. The van der Waals surface area contributed by atoms with Crippen LogP contribution in [0.15, 0.2) is 0 Å². The second-order valence-corrected chi connectivity index (χ2v) is 7.12. The number of esters is 1. The molecule has 0 saturated carbocycles. The molecule has 0 spiro atoms. The number of aliphatic hydroxyl groups is 1. The van der Waals surface area contributed by atoms with E-state index in [4.69, 9.17) is 44.6 Å². The predicted molar refractivity (Wildman–Crippen MR) is 71.5 cm³/mol. The lowest BCUT2D eigenvalue weighted by molar-refractivity contribution is -0.147. The fraction of sp³-hybridized carbons (Fsp3) is 0.800. The zero-order chi connectivity index (χ0) is 15.3. The Kier molecular flexibility index (Phi) is 7.21. The number of amides is 1. The second-order valence-electron chi connectivity index (χ2n) is 4.60. The molecule has 0 aliphatic heterocycles. The fourth-order valence-electron chi connectivity index (χ4n) is 0.882. The van der Waals surface area contributed by atoms with Crippen molar-refractivity contribution in [2.24, 2.45) is 0 Å². The Morgan fingerprint density at radius 3 is 2.16 bits per heavy atom. The lowest BCUT2D eigenvalue weighted by atomic mass is 10.2. The number of alkyl carbamates (subject to hydrolysis) is 1. The number of hydrogen-bond acceptors (Lipinski definition) is 5. The molecule has 0 aromatic rings. The van der Waals surface area contributed by atoms with E-state index >= 15 is 0 Å². The molecule has 0 aromatic carbocycles. The molecule has 0 aliphatic rings. The van der Waals surface area contributed by atoms with E-state index in [0.717, 1.165) is 0 Å². The van der Waals surface area contributed by atoms with E-state index in [1.807, 2.05) is 0 Å². The van der Waals surface area contributed by atoms with Crippen LogP contribution in [0.3, 0.4) is 0 Å². The molecule has 0 rings (SSSR count). The van der Waals surface area contributed by atoms with Gasteiger partial charge in [-0.05, 0) is 20.8 Å². The third kappa shape index (κ3) is 10.1. The van der Waals surface area contributed by atoms with Crippen molar-refractivity contribution in [3.63, 3.8) is 0 Å². The van der Waals surface area contributed by atoms with Gasteiger partial charge >= 0.3 is 12.1 Å². The van der Waals surface area contributed by atoms with Gasteiger partial charge in [0.1, 0.15) is 12.2 Å². The molecule has 0 saturated heterocycles. The van der Waals surface area contributed by atoms with Gasteiger partial charge in [0.25, 0.3) is 0 Å². The van der Waals surface area contributed by atoms with E-state index in [9.17, 15) is 9.59 Å². The summed E-state index contributed by atoms with van der Waals surface area (Å²) in [6.45, 7) is 3.80. The molecule has 0 unspecified atom stereocenters. The molecule has 9 heteroatoms. The summed E-state index contributed by atoms with van der Waals surface area (Å²) in [5, 5.41) is 11.1.